The molecule has 5 rings (SSSR count). The van der Waals surface area contributed by atoms with E-state index < -0.39 is 0 Å². The number of carbonyl (C=O) groups excluding carboxylic acids is 1. The summed E-state index contributed by atoms with van der Waals surface area (Å²) < 4.78 is 15.6. The number of hydrogen-bond acceptors (Lipinski definition) is 2. The van der Waals surface area contributed by atoms with Gasteiger partial charge in [0, 0.05) is 59.9 Å². The van der Waals surface area contributed by atoms with Crippen molar-refractivity contribution in [1.82, 2.24) is 14.9 Å². The number of aromatic nitrogens is 2. The first kappa shape index (κ1) is 23.8. The Morgan fingerprint density at radius 3 is 2.58 bits per heavy atom. The van der Waals surface area contributed by atoms with Gasteiger partial charge in [0.05, 0.1) is 0 Å². The fourth-order valence-electron chi connectivity index (χ4n) is 4.56. The Morgan fingerprint density at radius 2 is 1.81 bits per heavy atom. The maximum absolute atomic E-state index is 13.4. The van der Waals surface area contributed by atoms with Crippen molar-refractivity contribution in [3.63, 3.8) is 0 Å². The Hall–Kier alpha value is -3.96. The summed E-state index contributed by atoms with van der Waals surface area (Å²) in [5.74, 6) is -0.508. The van der Waals surface area contributed by atoms with E-state index in [0.717, 1.165) is 33.2 Å². The number of nitrogens with zero attached hydrogens (tertiary/aromatic N) is 2. The maximum Gasteiger partial charge on any atom is 0.221 e. The lowest BCUT2D eigenvalue weighted by Crippen LogP contribution is -2.25. The molecular formula is C30H25ClFN3O. The number of hydrogen-bond donors (Lipinski definition) is 1. The standard InChI is InChI=1S/C30H25ClFN3O/c31-24-7-3-6-23(15-24)27(16-30(36)34-18-22-5-4-14-33-17-22)28-20-35(29-9-2-1-8-26(28)29)19-21-10-12-25(32)13-11-21/h1-15,17,20,27H,16,18-19H2,(H,34,36). The van der Waals surface area contributed by atoms with E-state index in [9.17, 15) is 9.18 Å². The minimum absolute atomic E-state index is 0.0563. The summed E-state index contributed by atoms with van der Waals surface area (Å²) in [5, 5.41) is 4.73. The number of benzene rings is 3. The first-order valence-corrected chi connectivity index (χ1v) is 12.2. The smallest absolute Gasteiger partial charge is 0.221 e. The Labute approximate surface area is 214 Å². The molecule has 0 aliphatic heterocycles. The van der Waals surface area contributed by atoms with Gasteiger partial charge in [-0.1, -0.05) is 60.1 Å². The van der Waals surface area contributed by atoms with Crippen LogP contribution in [0.15, 0.2) is 104 Å². The van der Waals surface area contributed by atoms with Crippen LogP contribution in [0.4, 0.5) is 4.39 Å². The average molecular weight is 498 g/mol. The van der Waals surface area contributed by atoms with E-state index in [1.807, 2.05) is 48.5 Å². The summed E-state index contributed by atoms with van der Waals surface area (Å²) in [4.78, 5) is 17.2. The first-order valence-electron chi connectivity index (χ1n) is 11.8. The lowest BCUT2D eigenvalue weighted by atomic mass is 9.88. The van der Waals surface area contributed by atoms with Gasteiger partial charge >= 0.3 is 0 Å². The van der Waals surface area contributed by atoms with Crippen LogP contribution in [0.3, 0.4) is 0 Å². The van der Waals surface area contributed by atoms with Gasteiger partial charge in [0.1, 0.15) is 5.82 Å². The van der Waals surface area contributed by atoms with E-state index in [4.69, 9.17) is 11.6 Å². The predicted octanol–water partition coefficient (Wildman–Crippen LogP) is 6.72. The molecule has 4 nitrogen and oxygen atoms in total. The second kappa shape index (κ2) is 10.8. The van der Waals surface area contributed by atoms with Crippen LogP contribution in [0.5, 0.6) is 0 Å². The molecule has 0 radical (unpaired) electrons. The fraction of sp³-hybridized carbons (Fsp3) is 0.133. The molecule has 0 fully saturated rings. The zero-order valence-electron chi connectivity index (χ0n) is 19.6. The predicted molar refractivity (Wildman–Crippen MR) is 141 cm³/mol. The molecule has 0 saturated heterocycles. The molecule has 0 bridgehead atoms. The van der Waals surface area contributed by atoms with Gasteiger partial charge in [0.2, 0.25) is 5.91 Å². The van der Waals surface area contributed by atoms with Crippen molar-refractivity contribution in [3.05, 3.63) is 137 Å². The summed E-state index contributed by atoms with van der Waals surface area (Å²) in [6, 6.07) is 26.2. The molecule has 1 amide bonds. The van der Waals surface area contributed by atoms with E-state index >= 15 is 0 Å². The van der Waals surface area contributed by atoms with Crippen LogP contribution in [0, 0.1) is 5.82 Å². The second-order valence-corrected chi connectivity index (χ2v) is 9.24. The quantitative estimate of drug-likeness (QED) is 0.259. The number of rotatable bonds is 8. The summed E-state index contributed by atoms with van der Waals surface area (Å²) >= 11 is 6.35. The largest absolute Gasteiger partial charge is 0.352 e. The molecule has 1 N–H and O–H groups in total. The van der Waals surface area contributed by atoms with Gasteiger partial charge in [-0.3, -0.25) is 9.78 Å². The monoisotopic (exact) mass is 497 g/mol. The van der Waals surface area contributed by atoms with Crippen LogP contribution in [0.25, 0.3) is 10.9 Å². The molecule has 1 atom stereocenters. The molecule has 5 aromatic rings. The third-order valence-electron chi connectivity index (χ3n) is 6.31. The van der Waals surface area contributed by atoms with Crippen LogP contribution in [0.1, 0.15) is 34.6 Å². The highest BCUT2D eigenvalue weighted by Gasteiger charge is 2.23. The molecule has 36 heavy (non-hydrogen) atoms. The van der Waals surface area contributed by atoms with Crippen LogP contribution >= 0.6 is 11.6 Å². The molecule has 2 aromatic heterocycles. The van der Waals surface area contributed by atoms with Crippen molar-refractivity contribution < 1.29 is 9.18 Å². The highest BCUT2D eigenvalue weighted by molar-refractivity contribution is 6.30. The van der Waals surface area contributed by atoms with Gasteiger partial charge in [-0.25, -0.2) is 4.39 Å². The third-order valence-corrected chi connectivity index (χ3v) is 6.55. The fourth-order valence-corrected chi connectivity index (χ4v) is 4.76. The third kappa shape index (κ3) is 5.47. The highest BCUT2D eigenvalue weighted by atomic mass is 35.5. The van der Waals surface area contributed by atoms with Gasteiger partial charge in [-0.2, -0.15) is 0 Å². The van der Waals surface area contributed by atoms with Crippen LogP contribution in [-0.2, 0) is 17.9 Å². The molecule has 0 aliphatic rings. The number of fused-ring (bicyclic) bond motifs is 1. The first-order chi connectivity index (χ1) is 17.6. The molecule has 0 aliphatic carbocycles. The number of pyridine rings is 1. The zero-order valence-corrected chi connectivity index (χ0v) is 20.3. The summed E-state index contributed by atoms with van der Waals surface area (Å²) in [7, 11) is 0. The number of halogens is 2. The van der Waals surface area contributed by atoms with Crippen molar-refractivity contribution in [1.29, 1.82) is 0 Å². The number of para-hydroxylation sites is 1. The SMILES string of the molecule is O=C(CC(c1cccc(Cl)c1)c1cn(Cc2ccc(F)cc2)c2ccccc12)NCc1cccnc1. The molecular weight excluding hydrogens is 473 g/mol. The zero-order chi connectivity index (χ0) is 24.9. The van der Waals surface area contributed by atoms with Crippen LogP contribution < -0.4 is 5.32 Å². The van der Waals surface area contributed by atoms with Gasteiger partial charge < -0.3 is 9.88 Å². The molecule has 6 heteroatoms. The summed E-state index contributed by atoms with van der Waals surface area (Å²) in [5.41, 5.74) is 5.02. The Bertz CT molecular complexity index is 1480. The second-order valence-electron chi connectivity index (χ2n) is 8.81. The van der Waals surface area contributed by atoms with Gasteiger partial charge in [0.25, 0.3) is 0 Å². The van der Waals surface area contributed by atoms with Gasteiger partial charge in [-0.15, -0.1) is 0 Å². The van der Waals surface area contributed by atoms with Crippen molar-refractivity contribution in [3.8, 4) is 0 Å². The van der Waals surface area contributed by atoms with E-state index in [1.54, 1.807) is 24.5 Å². The number of amides is 1. The molecule has 3 aromatic carbocycles. The summed E-state index contributed by atoms with van der Waals surface area (Å²) in [6.07, 6.45) is 5.83. The van der Waals surface area contributed by atoms with Crippen molar-refractivity contribution in [2.45, 2.75) is 25.4 Å². The van der Waals surface area contributed by atoms with E-state index in [0.29, 0.717) is 18.1 Å². The van der Waals surface area contributed by atoms with Crippen molar-refractivity contribution >= 4 is 28.4 Å². The lowest BCUT2D eigenvalue weighted by Gasteiger charge is -2.18. The van der Waals surface area contributed by atoms with Gasteiger partial charge in [-0.05, 0) is 58.7 Å². The molecule has 2 heterocycles. The molecule has 0 spiro atoms. The summed E-state index contributed by atoms with van der Waals surface area (Å²) in [6.45, 7) is 1.01. The Kier molecular flexibility index (Phi) is 7.10. The Balaban J connectivity index is 1.49. The Morgan fingerprint density at radius 1 is 0.972 bits per heavy atom. The topological polar surface area (TPSA) is 46.9 Å². The normalized spacial score (nSPS) is 11.9. The van der Waals surface area contributed by atoms with Crippen molar-refractivity contribution in [2.24, 2.45) is 0 Å². The minimum Gasteiger partial charge on any atom is -0.352 e. The minimum atomic E-state index is -0.255. The van der Waals surface area contributed by atoms with Crippen molar-refractivity contribution in [2.75, 3.05) is 0 Å². The molecule has 0 saturated carbocycles. The van der Waals surface area contributed by atoms with E-state index in [-0.39, 0.29) is 24.1 Å². The van der Waals surface area contributed by atoms with Gasteiger partial charge in [0.15, 0.2) is 0 Å². The van der Waals surface area contributed by atoms with E-state index in [2.05, 4.69) is 33.2 Å². The number of carbonyl (C=O) groups is 1. The van der Waals surface area contributed by atoms with Crippen LogP contribution in [-0.4, -0.2) is 15.5 Å². The maximum atomic E-state index is 13.4. The highest BCUT2D eigenvalue weighted by Crippen LogP contribution is 2.36. The van der Waals surface area contributed by atoms with E-state index in [1.165, 1.54) is 12.1 Å². The number of nitrogens with one attached hydrogen (secondary N) is 1. The lowest BCUT2D eigenvalue weighted by molar-refractivity contribution is -0.121. The molecule has 1 unspecified atom stereocenters. The average Bonchev–Trinajstić information content (AvgIpc) is 3.26. The molecule has 180 valence electrons. The van der Waals surface area contributed by atoms with Crippen LogP contribution in [0.2, 0.25) is 5.02 Å².